The van der Waals surface area contributed by atoms with Gasteiger partial charge in [0.1, 0.15) is 0 Å². The number of nitrogens with one attached hydrogen (secondary N) is 3. The number of carbonyl (C=O) groups is 2. The molecule has 0 saturated carbocycles. The molecule has 2 aromatic rings. The first-order valence-corrected chi connectivity index (χ1v) is 7.44. The highest BCUT2D eigenvalue weighted by molar-refractivity contribution is 6.04. The van der Waals surface area contributed by atoms with Crippen LogP contribution in [0.2, 0.25) is 0 Å². The van der Waals surface area contributed by atoms with Gasteiger partial charge in [-0.3, -0.25) is 4.79 Å². The van der Waals surface area contributed by atoms with Crippen molar-refractivity contribution in [2.75, 3.05) is 24.3 Å². The normalized spacial score (nSPS) is 9.84. The molecule has 0 atom stereocenters. The Morgan fingerprint density at radius 2 is 1.76 bits per heavy atom. The minimum absolute atomic E-state index is 0.0710. The second-order valence-electron chi connectivity index (χ2n) is 5.00. The molecule has 0 aliphatic heterocycles. The van der Waals surface area contributed by atoms with Crippen molar-refractivity contribution in [2.24, 2.45) is 0 Å². The van der Waals surface area contributed by atoms with E-state index in [2.05, 4.69) is 22.5 Å². The van der Waals surface area contributed by atoms with E-state index in [0.29, 0.717) is 17.9 Å². The van der Waals surface area contributed by atoms with Crippen molar-refractivity contribution in [1.29, 1.82) is 0 Å². The summed E-state index contributed by atoms with van der Waals surface area (Å²) >= 11 is 0. The van der Waals surface area contributed by atoms with Crippen molar-refractivity contribution in [3.8, 4) is 5.75 Å². The van der Waals surface area contributed by atoms with Gasteiger partial charge in [0.25, 0.3) is 5.91 Å². The zero-order valence-corrected chi connectivity index (χ0v) is 13.6. The Morgan fingerprint density at radius 3 is 2.32 bits per heavy atom. The predicted molar refractivity (Wildman–Crippen MR) is 94.6 cm³/mol. The quantitative estimate of drug-likeness (QED) is 0.704. The van der Waals surface area contributed by atoms with E-state index in [-0.39, 0.29) is 17.3 Å². The zero-order chi connectivity index (χ0) is 18.2. The monoisotopic (exact) mass is 343 g/mol. The smallest absolute Gasteiger partial charge is 0.319 e. The van der Waals surface area contributed by atoms with Gasteiger partial charge in [0.15, 0.2) is 11.6 Å². The van der Waals surface area contributed by atoms with E-state index in [1.807, 2.05) is 0 Å². The van der Waals surface area contributed by atoms with Crippen molar-refractivity contribution in [3.63, 3.8) is 0 Å². The lowest BCUT2D eigenvalue weighted by Gasteiger charge is -2.09. The van der Waals surface area contributed by atoms with Gasteiger partial charge < -0.3 is 20.7 Å². The minimum atomic E-state index is -0.611. The number of carbonyl (C=O) groups excluding carboxylic acids is 2. The van der Waals surface area contributed by atoms with E-state index >= 15 is 0 Å². The molecule has 2 rings (SSSR count). The summed E-state index contributed by atoms with van der Waals surface area (Å²) in [4.78, 5) is 23.7. The summed E-state index contributed by atoms with van der Waals surface area (Å²) in [5, 5.41) is 7.86. The zero-order valence-electron chi connectivity index (χ0n) is 13.6. The fraction of sp³-hybridized carbons (Fsp3) is 0.111. The number of hydrogen-bond acceptors (Lipinski definition) is 3. The second kappa shape index (κ2) is 8.49. The summed E-state index contributed by atoms with van der Waals surface area (Å²) in [7, 11) is 1.35. The molecule has 0 unspecified atom stereocenters. The Morgan fingerprint density at radius 1 is 1.12 bits per heavy atom. The van der Waals surface area contributed by atoms with Gasteiger partial charge in [-0.05, 0) is 42.5 Å². The van der Waals surface area contributed by atoms with Crippen molar-refractivity contribution in [1.82, 2.24) is 5.32 Å². The highest BCUT2D eigenvalue weighted by Crippen LogP contribution is 2.19. The minimum Gasteiger partial charge on any atom is -0.494 e. The fourth-order valence-electron chi connectivity index (χ4n) is 1.99. The maximum absolute atomic E-state index is 13.7. The molecule has 0 aliphatic rings. The number of halogens is 1. The van der Waals surface area contributed by atoms with Crippen LogP contribution in [-0.4, -0.2) is 25.6 Å². The molecule has 0 spiro atoms. The van der Waals surface area contributed by atoms with Crippen molar-refractivity contribution in [3.05, 3.63) is 66.5 Å². The van der Waals surface area contributed by atoms with E-state index in [1.54, 1.807) is 30.3 Å². The standard InChI is InChI=1S/C18H18FN3O3/c1-3-10-20-18(24)22-14-7-5-13(6-8-14)21-17(23)12-4-9-16(25-2)15(19)11-12/h3-9,11H,1,10H2,2H3,(H,21,23)(H2,20,22,24). The molecule has 0 bridgehead atoms. The van der Waals surface area contributed by atoms with Crippen molar-refractivity contribution < 1.29 is 18.7 Å². The molecular formula is C18H18FN3O3. The summed E-state index contributed by atoms with van der Waals surface area (Å²) in [6.45, 7) is 3.87. The summed E-state index contributed by atoms with van der Waals surface area (Å²) in [6, 6.07) is 10.1. The Labute approximate surface area is 144 Å². The number of rotatable bonds is 6. The van der Waals surface area contributed by atoms with E-state index in [1.165, 1.54) is 19.2 Å². The van der Waals surface area contributed by atoms with Crippen LogP contribution in [0.5, 0.6) is 5.75 Å². The third-order valence-electron chi connectivity index (χ3n) is 3.22. The number of anilines is 2. The highest BCUT2D eigenvalue weighted by Gasteiger charge is 2.10. The molecule has 3 amide bonds. The molecule has 0 saturated heterocycles. The highest BCUT2D eigenvalue weighted by atomic mass is 19.1. The van der Waals surface area contributed by atoms with Crippen LogP contribution >= 0.6 is 0 Å². The van der Waals surface area contributed by atoms with Gasteiger partial charge in [0.05, 0.1) is 7.11 Å². The van der Waals surface area contributed by atoms with Gasteiger partial charge in [-0.25, -0.2) is 9.18 Å². The van der Waals surface area contributed by atoms with Crippen LogP contribution in [0.3, 0.4) is 0 Å². The number of methoxy groups -OCH3 is 1. The maximum atomic E-state index is 13.7. The number of ether oxygens (including phenoxy) is 1. The van der Waals surface area contributed by atoms with Crippen LogP contribution in [0, 0.1) is 5.82 Å². The molecule has 0 heterocycles. The van der Waals surface area contributed by atoms with Crippen molar-refractivity contribution >= 4 is 23.3 Å². The third-order valence-corrected chi connectivity index (χ3v) is 3.22. The first-order valence-electron chi connectivity index (χ1n) is 7.44. The molecule has 0 radical (unpaired) electrons. The molecule has 0 aliphatic carbocycles. The van der Waals surface area contributed by atoms with E-state index in [0.717, 1.165) is 6.07 Å². The van der Waals surface area contributed by atoms with Crippen LogP contribution < -0.4 is 20.7 Å². The van der Waals surface area contributed by atoms with Gasteiger partial charge in [-0.1, -0.05) is 6.08 Å². The van der Waals surface area contributed by atoms with Crippen molar-refractivity contribution in [2.45, 2.75) is 0 Å². The number of benzene rings is 2. The van der Waals surface area contributed by atoms with Gasteiger partial charge in [-0.15, -0.1) is 6.58 Å². The molecule has 2 aromatic carbocycles. The fourth-order valence-corrected chi connectivity index (χ4v) is 1.99. The largest absolute Gasteiger partial charge is 0.494 e. The number of amides is 3. The first kappa shape index (κ1) is 18.0. The molecule has 25 heavy (non-hydrogen) atoms. The third kappa shape index (κ3) is 5.07. The van der Waals surface area contributed by atoms with E-state index < -0.39 is 11.7 Å². The van der Waals surface area contributed by atoms with Crippen LogP contribution in [-0.2, 0) is 0 Å². The second-order valence-corrected chi connectivity index (χ2v) is 5.00. The summed E-state index contributed by atoms with van der Waals surface area (Å²) in [6.07, 6.45) is 1.57. The molecule has 0 aromatic heterocycles. The molecular weight excluding hydrogens is 325 g/mol. The van der Waals surface area contributed by atoms with Gasteiger partial charge in [0.2, 0.25) is 0 Å². The summed E-state index contributed by atoms with van der Waals surface area (Å²) < 4.78 is 18.5. The number of urea groups is 1. The molecule has 7 heteroatoms. The lowest BCUT2D eigenvalue weighted by atomic mass is 10.2. The molecule has 0 fully saturated rings. The SMILES string of the molecule is C=CCNC(=O)Nc1ccc(NC(=O)c2ccc(OC)c(F)c2)cc1. The Hall–Kier alpha value is -3.35. The predicted octanol–water partition coefficient (Wildman–Crippen LogP) is 3.39. The first-order chi connectivity index (χ1) is 12.0. The number of hydrogen-bond donors (Lipinski definition) is 3. The molecule has 6 nitrogen and oxygen atoms in total. The summed E-state index contributed by atoms with van der Waals surface area (Å²) in [5.74, 6) is -0.993. The summed E-state index contributed by atoms with van der Waals surface area (Å²) in [5.41, 5.74) is 1.25. The lowest BCUT2D eigenvalue weighted by molar-refractivity contribution is 0.102. The van der Waals surface area contributed by atoms with E-state index in [4.69, 9.17) is 4.74 Å². The molecule has 3 N–H and O–H groups in total. The van der Waals surface area contributed by atoms with Crippen LogP contribution in [0.15, 0.2) is 55.1 Å². The Bertz CT molecular complexity index is 776. The van der Waals surface area contributed by atoms with Crippen LogP contribution in [0.4, 0.5) is 20.6 Å². The average molecular weight is 343 g/mol. The van der Waals surface area contributed by atoms with Gasteiger partial charge in [0, 0.05) is 23.5 Å². The topological polar surface area (TPSA) is 79.5 Å². The van der Waals surface area contributed by atoms with Gasteiger partial charge >= 0.3 is 6.03 Å². The van der Waals surface area contributed by atoms with Crippen LogP contribution in [0.1, 0.15) is 10.4 Å². The van der Waals surface area contributed by atoms with Gasteiger partial charge in [-0.2, -0.15) is 0 Å². The Balaban J connectivity index is 1.98. The average Bonchev–Trinajstić information content (AvgIpc) is 2.61. The molecule has 130 valence electrons. The van der Waals surface area contributed by atoms with E-state index in [9.17, 15) is 14.0 Å². The maximum Gasteiger partial charge on any atom is 0.319 e. The lowest BCUT2D eigenvalue weighted by Crippen LogP contribution is -2.28. The Kier molecular flexibility index (Phi) is 6.11. The van der Waals surface area contributed by atoms with Crippen LogP contribution in [0.25, 0.3) is 0 Å².